The number of pyridine rings is 3. The van der Waals surface area contributed by atoms with E-state index < -0.39 is 0 Å². The molecule has 0 radical (unpaired) electrons. The molecule has 0 saturated carbocycles. The fraction of sp³-hybridized carbons (Fsp3) is 0. The van der Waals surface area contributed by atoms with Gasteiger partial charge < -0.3 is 0 Å². The molecule has 0 atom stereocenters. The zero-order chi connectivity index (χ0) is 11.1. The normalized spacial score (nSPS) is 9.25. The van der Waals surface area contributed by atoms with Gasteiger partial charge in [-0.3, -0.25) is 4.98 Å². The minimum absolute atomic E-state index is 0.810. The summed E-state index contributed by atoms with van der Waals surface area (Å²) in [6.07, 6.45) is 6.99. The van der Waals surface area contributed by atoms with Crippen molar-refractivity contribution >= 4 is 11.0 Å². The smallest absolute Gasteiger partial charge is 0.159 e. The second kappa shape index (κ2) is 5.56. The lowest BCUT2D eigenvalue weighted by molar-refractivity contribution is 1.29. The van der Waals surface area contributed by atoms with Gasteiger partial charge in [0.1, 0.15) is 0 Å². The Morgan fingerprint density at radius 2 is 1.25 bits per heavy atom. The van der Waals surface area contributed by atoms with E-state index >= 15 is 0 Å². The van der Waals surface area contributed by atoms with Gasteiger partial charge in [0.25, 0.3) is 0 Å². The Bertz CT molecular complexity index is 445. The second-order valence-corrected chi connectivity index (χ2v) is 3.08. The minimum Gasteiger partial charge on any atom is -0.265 e. The minimum atomic E-state index is 0.810. The molecule has 3 heteroatoms. The molecule has 0 aliphatic heterocycles. The van der Waals surface area contributed by atoms with Crippen molar-refractivity contribution in [1.82, 2.24) is 15.0 Å². The Labute approximate surface area is 93.8 Å². The standard InChI is InChI=1S/C8H6N2.C5H5N/c1-3-7-4-2-6-10-8(7)9-5-1;1-2-4-6-5-3-1/h1-6H;1-5H. The van der Waals surface area contributed by atoms with Crippen molar-refractivity contribution in [2.24, 2.45) is 0 Å². The maximum Gasteiger partial charge on any atom is 0.159 e. The number of rotatable bonds is 0. The van der Waals surface area contributed by atoms with Crippen LogP contribution in [0.2, 0.25) is 0 Å². The molecular formula is C13H11N3. The first-order valence-electron chi connectivity index (χ1n) is 4.97. The predicted octanol–water partition coefficient (Wildman–Crippen LogP) is 2.71. The highest BCUT2D eigenvalue weighted by molar-refractivity contribution is 5.73. The van der Waals surface area contributed by atoms with Crippen LogP contribution < -0.4 is 0 Å². The number of hydrogen-bond acceptors (Lipinski definition) is 3. The molecule has 0 N–H and O–H groups in total. The third-order valence-electron chi connectivity index (χ3n) is 1.94. The molecule has 3 heterocycles. The third kappa shape index (κ3) is 2.85. The molecule has 0 spiro atoms. The van der Waals surface area contributed by atoms with Gasteiger partial charge in [-0.1, -0.05) is 6.07 Å². The van der Waals surface area contributed by atoms with Crippen LogP contribution in [0.4, 0.5) is 0 Å². The lowest BCUT2D eigenvalue weighted by atomic mass is 10.3. The zero-order valence-electron chi connectivity index (χ0n) is 8.69. The largest absolute Gasteiger partial charge is 0.265 e. The summed E-state index contributed by atoms with van der Waals surface area (Å²) in [6, 6.07) is 13.5. The fourth-order valence-electron chi connectivity index (χ4n) is 1.22. The van der Waals surface area contributed by atoms with Crippen LogP contribution in [0.15, 0.2) is 67.3 Å². The van der Waals surface area contributed by atoms with Gasteiger partial charge >= 0.3 is 0 Å². The summed E-state index contributed by atoms with van der Waals surface area (Å²) in [6.45, 7) is 0. The highest BCUT2D eigenvalue weighted by Gasteiger charge is 1.88. The summed E-state index contributed by atoms with van der Waals surface area (Å²) in [5, 5.41) is 1.09. The van der Waals surface area contributed by atoms with Crippen molar-refractivity contribution in [2.75, 3.05) is 0 Å². The maximum atomic E-state index is 4.07. The number of hydrogen-bond donors (Lipinski definition) is 0. The molecule has 0 fully saturated rings. The molecule has 0 amide bonds. The average Bonchev–Trinajstić information content (AvgIpc) is 2.42. The number of nitrogens with zero attached hydrogens (tertiary/aromatic N) is 3. The SMILES string of the molecule is c1ccncc1.c1cnc2ncccc2c1. The highest BCUT2D eigenvalue weighted by Crippen LogP contribution is 2.04. The molecule has 3 aromatic rings. The van der Waals surface area contributed by atoms with Crippen molar-refractivity contribution in [3.8, 4) is 0 Å². The molecule has 0 aliphatic rings. The Morgan fingerprint density at radius 3 is 1.62 bits per heavy atom. The lowest BCUT2D eigenvalue weighted by Crippen LogP contribution is -1.78. The van der Waals surface area contributed by atoms with Crippen LogP contribution in [0.3, 0.4) is 0 Å². The van der Waals surface area contributed by atoms with E-state index in [1.54, 1.807) is 24.8 Å². The van der Waals surface area contributed by atoms with Gasteiger partial charge in [0.15, 0.2) is 5.65 Å². The van der Waals surface area contributed by atoms with Crippen molar-refractivity contribution in [3.05, 3.63) is 67.3 Å². The predicted molar refractivity (Wildman–Crippen MR) is 63.8 cm³/mol. The summed E-state index contributed by atoms with van der Waals surface area (Å²) in [5.41, 5.74) is 0.810. The number of fused-ring (bicyclic) bond motifs is 1. The van der Waals surface area contributed by atoms with E-state index in [9.17, 15) is 0 Å². The summed E-state index contributed by atoms with van der Waals surface area (Å²) in [4.78, 5) is 11.9. The molecular weight excluding hydrogens is 198 g/mol. The van der Waals surface area contributed by atoms with Crippen molar-refractivity contribution in [2.45, 2.75) is 0 Å². The average molecular weight is 209 g/mol. The summed E-state index contributed by atoms with van der Waals surface area (Å²) in [7, 11) is 0. The second-order valence-electron chi connectivity index (χ2n) is 3.08. The Morgan fingerprint density at radius 1 is 0.625 bits per heavy atom. The monoisotopic (exact) mass is 209 g/mol. The topological polar surface area (TPSA) is 38.7 Å². The first-order chi connectivity index (χ1) is 7.97. The highest BCUT2D eigenvalue weighted by atomic mass is 14.8. The van der Waals surface area contributed by atoms with Gasteiger partial charge in [0, 0.05) is 30.2 Å². The first-order valence-corrected chi connectivity index (χ1v) is 4.97. The van der Waals surface area contributed by atoms with Crippen LogP contribution in [0.25, 0.3) is 11.0 Å². The quantitative estimate of drug-likeness (QED) is 0.571. The van der Waals surface area contributed by atoms with Gasteiger partial charge in [-0.05, 0) is 36.4 Å². The molecule has 0 saturated heterocycles. The van der Waals surface area contributed by atoms with Crippen molar-refractivity contribution in [3.63, 3.8) is 0 Å². The maximum absolute atomic E-state index is 4.07. The summed E-state index contributed by atoms with van der Waals surface area (Å²) in [5.74, 6) is 0. The van der Waals surface area contributed by atoms with E-state index in [-0.39, 0.29) is 0 Å². The van der Waals surface area contributed by atoms with Crippen LogP contribution in [-0.2, 0) is 0 Å². The molecule has 3 nitrogen and oxygen atoms in total. The van der Waals surface area contributed by atoms with E-state index in [0.717, 1.165) is 11.0 Å². The molecule has 0 unspecified atom stereocenters. The summed E-state index contributed by atoms with van der Waals surface area (Å²) >= 11 is 0. The Hall–Kier alpha value is -2.29. The molecule has 0 aliphatic carbocycles. The summed E-state index contributed by atoms with van der Waals surface area (Å²) < 4.78 is 0. The van der Waals surface area contributed by atoms with E-state index in [1.165, 1.54) is 0 Å². The van der Waals surface area contributed by atoms with Crippen LogP contribution in [0, 0.1) is 0 Å². The van der Waals surface area contributed by atoms with E-state index in [2.05, 4.69) is 15.0 Å². The van der Waals surface area contributed by atoms with Gasteiger partial charge in [-0.2, -0.15) is 0 Å². The third-order valence-corrected chi connectivity index (χ3v) is 1.94. The van der Waals surface area contributed by atoms with Crippen LogP contribution in [0.5, 0.6) is 0 Å². The van der Waals surface area contributed by atoms with Gasteiger partial charge in [0.05, 0.1) is 0 Å². The van der Waals surface area contributed by atoms with Gasteiger partial charge in [-0.25, -0.2) is 9.97 Å². The van der Waals surface area contributed by atoms with E-state index in [4.69, 9.17) is 0 Å². The van der Waals surface area contributed by atoms with E-state index in [1.807, 2.05) is 42.5 Å². The lowest BCUT2D eigenvalue weighted by Gasteiger charge is -1.90. The van der Waals surface area contributed by atoms with Crippen LogP contribution in [-0.4, -0.2) is 15.0 Å². The first kappa shape index (κ1) is 10.2. The molecule has 78 valence electrons. The van der Waals surface area contributed by atoms with Crippen molar-refractivity contribution < 1.29 is 0 Å². The van der Waals surface area contributed by atoms with E-state index in [0.29, 0.717) is 0 Å². The Balaban J connectivity index is 0.000000138. The van der Waals surface area contributed by atoms with Crippen LogP contribution in [0.1, 0.15) is 0 Å². The Kier molecular flexibility index (Phi) is 3.55. The fourth-order valence-corrected chi connectivity index (χ4v) is 1.22. The molecule has 3 aromatic heterocycles. The van der Waals surface area contributed by atoms with Gasteiger partial charge in [-0.15, -0.1) is 0 Å². The zero-order valence-corrected chi connectivity index (χ0v) is 8.69. The number of aromatic nitrogens is 3. The van der Waals surface area contributed by atoms with Crippen LogP contribution >= 0.6 is 0 Å². The van der Waals surface area contributed by atoms with Gasteiger partial charge in [0.2, 0.25) is 0 Å². The molecule has 3 rings (SSSR count). The molecule has 0 aromatic carbocycles. The molecule has 0 bridgehead atoms. The molecule has 16 heavy (non-hydrogen) atoms. The van der Waals surface area contributed by atoms with Crippen molar-refractivity contribution in [1.29, 1.82) is 0 Å².